The molecule has 2 aromatic heterocycles. The molecule has 28 heavy (non-hydrogen) atoms. The van der Waals surface area contributed by atoms with Gasteiger partial charge in [-0.1, -0.05) is 17.8 Å². The zero-order valence-electron chi connectivity index (χ0n) is 16.8. The fraction of sp³-hybridized carbons (Fsp3) is 0.524. The molecule has 3 aromatic rings. The van der Waals surface area contributed by atoms with Crippen LogP contribution in [0.4, 0.5) is 0 Å². The number of carbonyl (C=O) groups excluding carboxylic acids is 1. The van der Waals surface area contributed by atoms with Gasteiger partial charge in [0.15, 0.2) is 0 Å². The molecule has 1 saturated heterocycles. The molecule has 1 aliphatic heterocycles. The van der Waals surface area contributed by atoms with Gasteiger partial charge in [-0.05, 0) is 73.8 Å². The van der Waals surface area contributed by atoms with Crippen molar-refractivity contribution in [3.8, 4) is 0 Å². The molecule has 7 heteroatoms. The molecule has 0 saturated carbocycles. The summed E-state index contributed by atoms with van der Waals surface area (Å²) >= 11 is 1.23. The lowest BCUT2D eigenvalue weighted by molar-refractivity contribution is 0.0687. The van der Waals surface area contributed by atoms with Crippen LogP contribution in [-0.2, 0) is 13.0 Å². The Labute approximate surface area is 169 Å². The summed E-state index contributed by atoms with van der Waals surface area (Å²) in [6.45, 7) is 8.95. The van der Waals surface area contributed by atoms with Crippen LogP contribution in [0.25, 0.3) is 11.0 Å². The smallest absolute Gasteiger partial charge is 0.267 e. The van der Waals surface area contributed by atoms with Crippen molar-refractivity contribution in [3.63, 3.8) is 0 Å². The topological polar surface area (TPSA) is 63.9 Å². The summed E-state index contributed by atoms with van der Waals surface area (Å²) in [5, 5.41) is 4.14. The summed E-state index contributed by atoms with van der Waals surface area (Å²) in [5.74, 6) is 0.675. The lowest BCUT2D eigenvalue weighted by atomic mass is 9.96. The molecule has 1 fully saturated rings. The number of likely N-dealkylation sites (tertiary alicyclic amines) is 1. The second kappa shape index (κ2) is 7.99. The summed E-state index contributed by atoms with van der Waals surface area (Å²) < 4.78 is 6.27. The van der Waals surface area contributed by atoms with E-state index < -0.39 is 0 Å². The van der Waals surface area contributed by atoms with Crippen molar-refractivity contribution in [2.24, 2.45) is 5.92 Å². The number of rotatable bonds is 5. The van der Waals surface area contributed by atoms with Gasteiger partial charge >= 0.3 is 0 Å². The van der Waals surface area contributed by atoms with Crippen LogP contribution in [0.1, 0.15) is 52.7 Å². The minimum absolute atomic E-state index is 0.107. The van der Waals surface area contributed by atoms with Crippen LogP contribution < -0.4 is 0 Å². The predicted octanol–water partition coefficient (Wildman–Crippen LogP) is 4.01. The van der Waals surface area contributed by atoms with Crippen LogP contribution in [0.5, 0.6) is 0 Å². The highest BCUT2D eigenvalue weighted by atomic mass is 32.1. The van der Waals surface area contributed by atoms with Gasteiger partial charge in [0, 0.05) is 19.6 Å². The lowest BCUT2D eigenvalue weighted by Gasteiger charge is -2.32. The molecule has 6 nitrogen and oxygen atoms in total. The fourth-order valence-corrected chi connectivity index (χ4v) is 4.65. The summed E-state index contributed by atoms with van der Waals surface area (Å²) in [6.07, 6.45) is 5.80. The number of benzene rings is 1. The Kier molecular flexibility index (Phi) is 5.44. The number of nitrogens with zero attached hydrogens (tertiary/aromatic N) is 5. The van der Waals surface area contributed by atoms with Crippen LogP contribution in [0.3, 0.4) is 0 Å². The van der Waals surface area contributed by atoms with Gasteiger partial charge in [-0.2, -0.15) is 0 Å². The number of carbonyl (C=O) groups is 1. The Balaban J connectivity index is 1.40. The maximum Gasteiger partial charge on any atom is 0.267 e. The molecule has 1 aromatic carbocycles. The first-order valence-corrected chi connectivity index (χ1v) is 10.9. The second-order valence-electron chi connectivity index (χ2n) is 7.86. The highest BCUT2D eigenvalue weighted by Crippen LogP contribution is 2.25. The Morgan fingerprint density at radius 2 is 1.96 bits per heavy atom. The first-order chi connectivity index (χ1) is 13.6. The number of fused-ring (bicyclic) bond motifs is 1. The van der Waals surface area contributed by atoms with Crippen molar-refractivity contribution in [2.75, 3.05) is 13.1 Å². The van der Waals surface area contributed by atoms with Crippen molar-refractivity contribution < 1.29 is 4.79 Å². The van der Waals surface area contributed by atoms with Crippen molar-refractivity contribution in [2.45, 2.75) is 53.0 Å². The maximum absolute atomic E-state index is 12.9. The second-order valence-corrected chi connectivity index (χ2v) is 8.61. The molecule has 0 atom stereocenters. The number of imidazole rings is 1. The lowest BCUT2D eigenvalue weighted by Crippen LogP contribution is -2.39. The molecule has 148 valence electrons. The molecule has 3 heterocycles. The van der Waals surface area contributed by atoms with Crippen molar-refractivity contribution >= 4 is 28.5 Å². The third-order valence-electron chi connectivity index (χ3n) is 5.83. The third-order valence-corrected chi connectivity index (χ3v) is 6.59. The van der Waals surface area contributed by atoms with Gasteiger partial charge in [-0.25, -0.2) is 4.98 Å². The minimum atomic E-state index is 0.107. The normalized spacial score (nSPS) is 15.5. The highest BCUT2D eigenvalue weighted by Gasteiger charge is 2.27. The van der Waals surface area contributed by atoms with Crippen LogP contribution in [0.15, 0.2) is 18.5 Å². The van der Waals surface area contributed by atoms with E-state index in [-0.39, 0.29) is 5.91 Å². The number of hydrogen-bond donors (Lipinski definition) is 0. The third kappa shape index (κ3) is 3.68. The van der Waals surface area contributed by atoms with E-state index in [9.17, 15) is 4.79 Å². The fourth-order valence-electron chi connectivity index (χ4n) is 3.97. The van der Waals surface area contributed by atoms with Gasteiger partial charge in [-0.3, -0.25) is 4.79 Å². The Bertz CT molecular complexity index is 984. The van der Waals surface area contributed by atoms with Crippen LogP contribution in [-0.4, -0.2) is 43.0 Å². The van der Waals surface area contributed by atoms with Crippen LogP contribution >= 0.6 is 11.5 Å². The van der Waals surface area contributed by atoms with E-state index in [1.54, 1.807) is 0 Å². The summed E-state index contributed by atoms with van der Waals surface area (Å²) in [4.78, 5) is 20.1. The first-order valence-electron chi connectivity index (χ1n) is 10.1. The number of aromatic nitrogens is 4. The summed E-state index contributed by atoms with van der Waals surface area (Å²) in [7, 11) is 0. The highest BCUT2D eigenvalue weighted by molar-refractivity contribution is 7.08. The summed E-state index contributed by atoms with van der Waals surface area (Å²) in [5.41, 5.74) is 5.72. The molecular weight excluding hydrogens is 370 g/mol. The van der Waals surface area contributed by atoms with E-state index in [4.69, 9.17) is 0 Å². The van der Waals surface area contributed by atoms with Gasteiger partial charge in [0.25, 0.3) is 5.91 Å². The van der Waals surface area contributed by atoms with E-state index in [2.05, 4.69) is 52.0 Å². The van der Waals surface area contributed by atoms with Crippen LogP contribution in [0, 0.1) is 19.8 Å². The molecule has 1 aliphatic rings. The molecule has 0 spiro atoms. The van der Waals surface area contributed by atoms with Gasteiger partial charge in [0.05, 0.1) is 23.1 Å². The number of piperidine rings is 1. The van der Waals surface area contributed by atoms with Crippen molar-refractivity contribution in [1.82, 2.24) is 24.0 Å². The largest absolute Gasteiger partial charge is 0.338 e. The van der Waals surface area contributed by atoms with Crippen molar-refractivity contribution in [1.29, 1.82) is 0 Å². The van der Waals surface area contributed by atoms with Crippen LogP contribution in [0.2, 0.25) is 0 Å². The first kappa shape index (κ1) is 19.1. The molecule has 0 bridgehead atoms. The van der Waals surface area contributed by atoms with Gasteiger partial charge < -0.3 is 9.47 Å². The van der Waals surface area contributed by atoms with E-state index in [0.717, 1.165) is 61.4 Å². The monoisotopic (exact) mass is 397 g/mol. The molecule has 0 radical (unpaired) electrons. The van der Waals surface area contributed by atoms with E-state index in [1.807, 2.05) is 11.2 Å². The van der Waals surface area contributed by atoms with E-state index in [1.165, 1.54) is 28.2 Å². The zero-order chi connectivity index (χ0) is 19.7. The predicted molar refractivity (Wildman–Crippen MR) is 112 cm³/mol. The molecular formula is C21H27N5OS. The number of hydrogen-bond acceptors (Lipinski definition) is 5. The van der Waals surface area contributed by atoms with E-state index >= 15 is 0 Å². The quantitative estimate of drug-likeness (QED) is 0.652. The molecule has 1 amide bonds. The SMILES string of the molecule is CCCc1nnsc1C(=O)N1CCC(Cn2cnc3cc(C)c(C)cc32)CC1. The van der Waals surface area contributed by atoms with Gasteiger partial charge in [0.1, 0.15) is 4.88 Å². The van der Waals surface area contributed by atoms with E-state index in [0.29, 0.717) is 5.92 Å². The Morgan fingerprint density at radius 1 is 1.21 bits per heavy atom. The molecule has 0 aliphatic carbocycles. The summed E-state index contributed by atoms with van der Waals surface area (Å²) in [6, 6.07) is 4.40. The number of aryl methyl sites for hydroxylation is 3. The average molecular weight is 398 g/mol. The zero-order valence-corrected chi connectivity index (χ0v) is 17.6. The van der Waals surface area contributed by atoms with Crippen molar-refractivity contribution in [3.05, 3.63) is 40.2 Å². The Hall–Kier alpha value is -2.28. The Morgan fingerprint density at radius 3 is 2.71 bits per heavy atom. The van der Waals surface area contributed by atoms with Gasteiger partial charge in [-0.15, -0.1) is 5.10 Å². The van der Waals surface area contributed by atoms with Gasteiger partial charge in [0.2, 0.25) is 0 Å². The standard InChI is InChI=1S/C21H27N5OS/c1-4-5-17-20(28-24-23-17)21(27)25-8-6-16(7-9-25)12-26-13-22-18-10-14(2)15(3)11-19(18)26/h10-11,13,16H,4-9,12H2,1-3H3. The maximum atomic E-state index is 12.9. The molecule has 0 unspecified atom stereocenters. The molecule has 4 rings (SSSR count). The molecule has 0 N–H and O–H groups in total. The minimum Gasteiger partial charge on any atom is -0.338 e. The average Bonchev–Trinajstić information content (AvgIpc) is 3.30. The number of amides is 1.